The summed E-state index contributed by atoms with van der Waals surface area (Å²) in [7, 11) is 0. The third kappa shape index (κ3) is 2.76. The predicted octanol–water partition coefficient (Wildman–Crippen LogP) is 2.12. The molecule has 0 radical (unpaired) electrons. The van der Waals surface area contributed by atoms with Crippen LogP contribution in [0.2, 0.25) is 0 Å². The lowest BCUT2D eigenvalue weighted by Crippen LogP contribution is -2.32. The van der Waals surface area contributed by atoms with Gasteiger partial charge in [-0.1, -0.05) is 12.1 Å². The van der Waals surface area contributed by atoms with Crippen LogP contribution in [0.3, 0.4) is 0 Å². The number of halogens is 1. The number of likely N-dealkylation sites (tertiary alicyclic amines) is 1. The Hall–Kier alpha value is -0.710. The molecule has 1 aromatic carbocycles. The molecule has 0 saturated carbocycles. The molecular weight excluding hydrogens is 280 g/mol. The number of thioether (sulfide) groups is 1. The van der Waals surface area contributed by atoms with Crippen molar-refractivity contribution >= 4 is 30.1 Å². The van der Waals surface area contributed by atoms with Gasteiger partial charge in [0.1, 0.15) is 0 Å². The van der Waals surface area contributed by atoms with Gasteiger partial charge in [0.25, 0.3) is 5.91 Å². The maximum Gasteiger partial charge on any atom is 0.255 e. The summed E-state index contributed by atoms with van der Waals surface area (Å²) in [6, 6.07) is 7.91. The molecule has 0 spiro atoms. The largest absolute Gasteiger partial charge is 0.338 e. The molecule has 1 aromatic rings. The summed E-state index contributed by atoms with van der Waals surface area (Å²) in [5.74, 6) is 1.53. The number of fused-ring (bicyclic) bond motifs is 1. The van der Waals surface area contributed by atoms with Gasteiger partial charge in [-0.05, 0) is 30.2 Å². The second-order valence-corrected chi connectivity index (χ2v) is 5.94. The first-order chi connectivity index (χ1) is 8.79. The molecule has 1 N–H and O–H groups in total. The predicted molar refractivity (Wildman–Crippen MR) is 81.2 cm³/mol. The van der Waals surface area contributed by atoms with Gasteiger partial charge >= 0.3 is 0 Å². The van der Waals surface area contributed by atoms with Crippen LogP contribution >= 0.6 is 24.2 Å². The van der Waals surface area contributed by atoms with Gasteiger partial charge in [-0.15, -0.1) is 24.2 Å². The van der Waals surface area contributed by atoms with E-state index < -0.39 is 0 Å². The third-order valence-electron chi connectivity index (χ3n) is 4.01. The average Bonchev–Trinajstić information content (AvgIpc) is 2.98. The molecule has 2 aliphatic rings. The molecule has 3 nitrogen and oxygen atoms in total. The quantitative estimate of drug-likeness (QED) is 0.849. The number of benzene rings is 1. The second kappa shape index (κ2) is 6.16. The highest BCUT2D eigenvalue weighted by atomic mass is 35.5. The van der Waals surface area contributed by atoms with Crippen molar-refractivity contribution in [3.05, 3.63) is 29.8 Å². The van der Waals surface area contributed by atoms with E-state index in [9.17, 15) is 4.79 Å². The number of hydrogen-bond acceptors (Lipinski definition) is 3. The number of rotatable bonds is 2. The van der Waals surface area contributed by atoms with E-state index in [2.05, 4.69) is 5.32 Å². The minimum absolute atomic E-state index is 0. The van der Waals surface area contributed by atoms with Crippen molar-refractivity contribution in [1.82, 2.24) is 10.2 Å². The zero-order valence-electron chi connectivity index (χ0n) is 11.0. The molecule has 0 aromatic heterocycles. The molecule has 19 heavy (non-hydrogen) atoms. The fourth-order valence-electron chi connectivity index (χ4n) is 3.01. The smallest absolute Gasteiger partial charge is 0.255 e. The Morgan fingerprint density at radius 1 is 1.26 bits per heavy atom. The van der Waals surface area contributed by atoms with E-state index in [4.69, 9.17) is 0 Å². The van der Waals surface area contributed by atoms with E-state index in [1.165, 1.54) is 0 Å². The van der Waals surface area contributed by atoms with Crippen molar-refractivity contribution < 1.29 is 4.79 Å². The Morgan fingerprint density at radius 3 is 2.53 bits per heavy atom. The first kappa shape index (κ1) is 14.7. The summed E-state index contributed by atoms with van der Waals surface area (Å²) >= 11 is 1.64. The Labute approximate surface area is 124 Å². The van der Waals surface area contributed by atoms with E-state index >= 15 is 0 Å². The highest BCUT2D eigenvalue weighted by Gasteiger charge is 2.38. The van der Waals surface area contributed by atoms with Crippen molar-refractivity contribution in [2.75, 3.05) is 32.4 Å². The van der Waals surface area contributed by atoms with Gasteiger partial charge in [0.05, 0.1) is 5.56 Å². The molecule has 0 aliphatic carbocycles. The van der Waals surface area contributed by atoms with E-state index in [1.807, 2.05) is 35.4 Å². The molecule has 2 heterocycles. The van der Waals surface area contributed by atoms with Gasteiger partial charge in [0.15, 0.2) is 0 Å². The molecule has 2 fully saturated rings. The Bertz CT molecular complexity index is 457. The fraction of sp³-hybridized carbons (Fsp3) is 0.500. The average molecular weight is 299 g/mol. The van der Waals surface area contributed by atoms with Crippen LogP contribution < -0.4 is 5.32 Å². The summed E-state index contributed by atoms with van der Waals surface area (Å²) in [5.41, 5.74) is 0.859. The zero-order valence-corrected chi connectivity index (χ0v) is 12.6. The normalized spacial score (nSPS) is 25.0. The van der Waals surface area contributed by atoms with Crippen LogP contribution in [0.5, 0.6) is 0 Å². The molecule has 3 rings (SSSR count). The maximum atomic E-state index is 12.5. The molecule has 0 bridgehead atoms. The first-order valence-corrected chi connectivity index (χ1v) is 7.65. The van der Waals surface area contributed by atoms with Crippen molar-refractivity contribution in [3.63, 3.8) is 0 Å². The minimum atomic E-state index is 0. The lowest BCUT2D eigenvalue weighted by molar-refractivity contribution is 0.0778. The number of nitrogens with one attached hydrogen (secondary N) is 1. The summed E-state index contributed by atoms with van der Waals surface area (Å²) < 4.78 is 0. The molecule has 2 aliphatic heterocycles. The summed E-state index contributed by atoms with van der Waals surface area (Å²) in [6.45, 7) is 3.97. The number of hydrogen-bond donors (Lipinski definition) is 1. The van der Waals surface area contributed by atoms with Crippen molar-refractivity contribution in [2.45, 2.75) is 4.90 Å². The van der Waals surface area contributed by atoms with E-state index in [-0.39, 0.29) is 18.3 Å². The molecule has 0 unspecified atom stereocenters. The standard InChI is InChI=1S/C14H18N2OS.ClH/c1-18-13-5-3-2-4-12(13)14(17)16-8-10-6-15-7-11(10)9-16;/h2-5,10-11,15H,6-9H2,1H3;1H/t10-,11+;. The highest BCUT2D eigenvalue weighted by molar-refractivity contribution is 7.98. The van der Waals surface area contributed by atoms with E-state index in [0.29, 0.717) is 11.8 Å². The van der Waals surface area contributed by atoms with Gasteiger partial charge in [-0.25, -0.2) is 0 Å². The van der Waals surface area contributed by atoms with Gasteiger partial charge in [-0.2, -0.15) is 0 Å². The van der Waals surface area contributed by atoms with Crippen molar-refractivity contribution in [3.8, 4) is 0 Å². The van der Waals surface area contributed by atoms with Crippen LogP contribution in [-0.2, 0) is 0 Å². The highest BCUT2D eigenvalue weighted by Crippen LogP contribution is 2.29. The Balaban J connectivity index is 0.00000133. The summed E-state index contributed by atoms with van der Waals surface area (Å²) in [4.78, 5) is 15.7. The van der Waals surface area contributed by atoms with Crippen LogP contribution in [0.4, 0.5) is 0 Å². The fourth-order valence-corrected chi connectivity index (χ4v) is 3.60. The molecule has 104 valence electrons. The van der Waals surface area contributed by atoms with Crippen LogP contribution in [0, 0.1) is 11.8 Å². The van der Waals surface area contributed by atoms with Gasteiger partial charge in [0, 0.05) is 31.1 Å². The Kier molecular flexibility index (Phi) is 4.76. The summed E-state index contributed by atoms with van der Waals surface area (Å²) in [6.07, 6.45) is 2.02. The van der Waals surface area contributed by atoms with Gasteiger partial charge in [0.2, 0.25) is 0 Å². The van der Waals surface area contributed by atoms with Crippen molar-refractivity contribution in [2.24, 2.45) is 11.8 Å². The SMILES string of the molecule is CSc1ccccc1C(=O)N1C[C@H]2CNC[C@H]2C1.Cl. The van der Waals surface area contributed by atoms with E-state index in [0.717, 1.165) is 36.6 Å². The van der Waals surface area contributed by atoms with Crippen molar-refractivity contribution in [1.29, 1.82) is 0 Å². The molecule has 2 atom stereocenters. The molecular formula is C14H19ClN2OS. The van der Waals surface area contributed by atoms with Crippen LogP contribution in [0.25, 0.3) is 0 Å². The van der Waals surface area contributed by atoms with Crippen LogP contribution in [0.15, 0.2) is 29.2 Å². The minimum Gasteiger partial charge on any atom is -0.338 e. The van der Waals surface area contributed by atoms with Gasteiger partial charge in [-0.3, -0.25) is 4.79 Å². The number of amides is 1. The maximum absolute atomic E-state index is 12.5. The number of carbonyl (C=O) groups is 1. The molecule has 1 amide bonds. The third-order valence-corrected chi connectivity index (χ3v) is 4.81. The Morgan fingerprint density at radius 2 is 1.89 bits per heavy atom. The van der Waals surface area contributed by atoms with E-state index in [1.54, 1.807) is 11.8 Å². The molecule has 5 heteroatoms. The lowest BCUT2D eigenvalue weighted by Gasteiger charge is -2.18. The van der Waals surface area contributed by atoms with Crippen LogP contribution in [0.1, 0.15) is 10.4 Å². The van der Waals surface area contributed by atoms with Gasteiger partial charge < -0.3 is 10.2 Å². The summed E-state index contributed by atoms with van der Waals surface area (Å²) in [5, 5.41) is 3.40. The topological polar surface area (TPSA) is 32.3 Å². The van der Waals surface area contributed by atoms with Crippen LogP contribution in [-0.4, -0.2) is 43.2 Å². The molecule has 2 saturated heterocycles. The number of carbonyl (C=O) groups excluding carboxylic acids is 1. The second-order valence-electron chi connectivity index (χ2n) is 5.09. The lowest BCUT2D eigenvalue weighted by atomic mass is 10.0. The first-order valence-electron chi connectivity index (χ1n) is 6.42. The monoisotopic (exact) mass is 298 g/mol. The zero-order chi connectivity index (χ0) is 12.5. The number of nitrogens with zero attached hydrogens (tertiary/aromatic N) is 1.